The van der Waals surface area contributed by atoms with Gasteiger partial charge in [0.2, 0.25) is 0 Å². The maximum atomic E-state index is 10.9. The summed E-state index contributed by atoms with van der Waals surface area (Å²) in [6.07, 6.45) is 0. The van der Waals surface area contributed by atoms with Crippen LogP contribution in [0.3, 0.4) is 0 Å². The molecule has 74 valence electrons. The molecule has 7 heteroatoms. The summed E-state index contributed by atoms with van der Waals surface area (Å²) in [4.78, 5) is 10.9. The number of carbonyl (C=O) groups excluding carboxylic acids is 1. The van der Waals surface area contributed by atoms with E-state index in [9.17, 15) is 4.79 Å². The van der Waals surface area contributed by atoms with Crippen LogP contribution in [0.25, 0.3) is 0 Å². The molecule has 1 amide bonds. The van der Waals surface area contributed by atoms with E-state index < -0.39 is 5.91 Å². The first-order valence-corrected chi connectivity index (χ1v) is 4.79. The molecule has 0 bridgehead atoms. The first kappa shape index (κ1) is 13.4. The van der Waals surface area contributed by atoms with E-state index in [1.807, 2.05) is 0 Å². The van der Waals surface area contributed by atoms with Crippen molar-refractivity contribution in [3.63, 3.8) is 0 Å². The zero-order valence-electron chi connectivity index (χ0n) is 6.30. The molecule has 0 aliphatic rings. The molecule has 1 N–H and O–H groups in total. The summed E-state index contributed by atoms with van der Waals surface area (Å²) in [5.74, 6) is -0.570. The van der Waals surface area contributed by atoms with Gasteiger partial charge in [-0.05, 0) is 0 Å². The van der Waals surface area contributed by atoms with Gasteiger partial charge in [0.1, 0.15) is 9.52 Å². The van der Waals surface area contributed by atoms with Crippen LogP contribution in [-0.2, 0) is 4.79 Å². The van der Waals surface area contributed by atoms with Gasteiger partial charge in [0, 0.05) is 7.05 Å². The lowest BCUT2D eigenvalue weighted by Crippen LogP contribution is -2.18. The maximum Gasteiger partial charge on any atom is 0.264 e. The van der Waals surface area contributed by atoms with Gasteiger partial charge in [0.25, 0.3) is 5.91 Å². The van der Waals surface area contributed by atoms with E-state index in [1.165, 1.54) is 7.05 Å². The molecule has 0 aromatic rings. The predicted octanol–water partition coefficient (Wildman–Crippen LogP) is 3.31. The van der Waals surface area contributed by atoms with Gasteiger partial charge >= 0.3 is 0 Å². The van der Waals surface area contributed by atoms with Crippen molar-refractivity contribution in [3.8, 4) is 0 Å². The molecule has 0 saturated carbocycles. The molecule has 13 heavy (non-hydrogen) atoms. The number of carbonyl (C=O) groups is 1. The predicted molar refractivity (Wildman–Crippen MR) is 57.4 cm³/mol. The zero-order chi connectivity index (χ0) is 10.6. The quantitative estimate of drug-likeness (QED) is 0.611. The number of rotatable bonds is 2. The lowest BCUT2D eigenvalue weighted by Gasteiger charge is -2.01. The second kappa shape index (κ2) is 5.99. The number of likely N-dealkylation sites (N-methyl/N-ethyl adjacent to an activating group) is 1. The van der Waals surface area contributed by atoms with Crippen molar-refractivity contribution in [1.82, 2.24) is 5.32 Å². The molecule has 0 aliphatic carbocycles. The Kier molecular flexibility index (Phi) is 6.18. The summed E-state index contributed by atoms with van der Waals surface area (Å²) in [6.45, 7) is 0. The molecular formula is C6H4Cl5NO. The summed E-state index contributed by atoms with van der Waals surface area (Å²) < 4.78 is -0.256. The molecule has 0 radical (unpaired) electrons. The fourth-order valence-corrected chi connectivity index (χ4v) is 1.19. The van der Waals surface area contributed by atoms with Crippen LogP contribution < -0.4 is 5.32 Å². The number of halogens is 5. The van der Waals surface area contributed by atoms with Crippen molar-refractivity contribution in [1.29, 1.82) is 0 Å². The van der Waals surface area contributed by atoms with Crippen molar-refractivity contribution in [2.75, 3.05) is 7.05 Å². The lowest BCUT2D eigenvalue weighted by atomic mass is 10.4. The Morgan fingerprint density at radius 2 is 1.38 bits per heavy atom. The topological polar surface area (TPSA) is 29.1 Å². The van der Waals surface area contributed by atoms with E-state index in [-0.39, 0.29) is 19.6 Å². The number of amides is 1. The molecule has 0 aliphatic heterocycles. The van der Waals surface area contributed by atoms with Crippen molar-refractivity contribution in [3.05, 3.63) is 19.6 Å². The summed E-state index contributed by atoms with van der Waals surface area (Å²) in [5, 5.41) is 1.63. The minimum Gasteiger partial charge on any atom is -0.354 e. The lowest BCUT2D eigenvalue weighted by molar-refractivity contribution is -0.116. The van der Waals surface area contributed by atoms with Crippen LogP contribution in [0.5, 0.6) is 0 Å². The van der Waals surface area contributed by atoms with Gasteiger partial charge in [-0.1, -0.05) is 58.0 Å². The smallest absolute Gasteiger partial charge is 0.264 e. The summed E-state index contributed by atoms with van der Waals surface area (Å²) in [5.41, 5.74) is 0. The molecule has 0 saturated heterocycles. The second-order valence-corrected chi connectivity index (χ2v) is 3.86. The third-order valence-corrected chi connectivity index (χ3v) is 2.86. The molecule has 0 aromatic heterocycles. The highest BCUT2D eigenvalue weighted by molar-refractivity contribution is 6.62. The molecule has 0 atom stereocenters. The maximum absolute atomic E-state index is 10.9. The number of nitrogens with one attached hydrogen (secondary N) is 1. The van der Waals surface area contributed by atoms with Crippen LogP contribution in [0.2, 0.25) is 0 Å². The van der Waals surface area contributed by atoms with Crippen LogP contribution in [0.1, 0.15) is 0 Å². The number of hydrogen-bond donors (Lipinski definition) is 1. The SMILES string of the molecule is CNC(=O)C(Cl)=C(Cl)C(Cl)=C(Cl)Cl. The molecule has 0 rings (SSSR count). The fourth-order valence-electron chi connectivity index (χ4n) is 0.389. The van der Waals surface area contributed by atoms with Crippen molar-refractivity contribution >= 4 is 63.9 Å². The highest BCUT2D eigenvalue weighted by Crippen LogP contribution is 2.31. The Hall–Kier alpha value is 0.400. The van der Waals surface area contributed by atoms with Gasteiger partial charge in [-0.3, -0.25) is 4.79 Å². The van der Waals surface area contributed by atoms with Crippen LogP contribution in [-0.4, -0.2) is 13.0 Å². The van der Waals surface area contributed by atoms with Crippen molar-refractivity contribution < 1.29 is 4.79 Å². The Morgan fingerprint density at radius 1 is 0.923 bits per heavy atom. The van der Waals surface area contributed by atoms with Gasteiger partial charge in [-0.25, -0.2) is 0 Å². The number of allylic oxidation sites excluding steroid dienone is 2. The van der Waals surface area contributed by atoms with E-state index >= 15 is 0 Å². The molecule has 0 heterocycles. The highest BCUT2D eigenvalue weighted by atomic mass is 35.5. The summed E-state index contributed by atoms with van der Waals surface area (Å²) >= 11 is 27.3. The number of hydrogen-bond acceptors (Lipinski definition) is 1. The molecule has 0 spiro atoms. The van der Waals surface area contributed by atoms with Crippen LogP contribution in [0.15, 0.2) is 19.6 Å². The van der Waals surface area contributed by atoms with E-state index in [0.717, 1.165) is 0 Å². The molecule has 0 aromatic carbocycles. The minimum atomic E-state index is -0.570. The van der Waals surface area contributed by atoms with E-state index in [2.05, 4.69) is 5.32 Å². The average Bonchev–Trinajstić information content (AvgIpc) is 2.12. The van der Waals surface area contributed by atoms with Gasteiger partial charge in [0.05, 0.1) is 10.1 Å². The molecule has 0 fully saturated rings. The fraction of sp³-hybridized carbons (Fsp3) is 0.167. The van der Waals surface area contributed by atoms with Crippen LogP contribution in [0.4, 0.5) is 0 Å². The van der Waals surface area contributed by atoms with Crippen LogP contribution >= 0.6 is 58.0 Å². The van der Waals surface area contributed by atoms with Gasteiger partial charge in [0.15, 0.2) is 0 Å². The Balaban J connectivity index is 5.05. The zero-order valence-corrected chi connectivity index (χ0v) is 10.1. The van der Waals surface area contributed by atoms with E-state index in [0.29, 0.717) is 0 Å². The minimum absolute atomic E-state index is 0.168. The van der Waals surface area contributed by atoms with E-state index in [4.69, 9.17) is 58.0 Å². The first-order valence-electron chi connectivity index (χ1n) is 2.90. The monoisotopic (exact) mass is 281 g/mol. The first-order chi connectivity index (χ1) is 5.91. The third-order valence-electron chi connectivity index (χ3n) is 0.978. The molecule has 0 unspecified atom stereocenters. The van der Waals surface area contributed by atoms with Crippen LogP contribution in [0, 0.1) is 0 Å². The second-order valence-electron chi connectivity index (χ2n) is 1.78. The standard InChI is InChI=1S/C6H4Cl5NO/c1-12-6(13)4(9)2(7)3(8)5(10)11/h1H3,(H,12,13). The highest BCUT2D eigenvalue weighted by Gasteiger charge is 2.14. The van der Waals surface area contributed by atoms with Gasteiger partial charge in [-0.15, -0.1) is 0 Å². The Labute approximate surface area is 100 Å². The Bertz CT molecular complexity index is 279. The summed E-state index contributed by atoms with van der Waals surface area (Å²) in [6, 6.07) is 0. The van der Waals surface area contributed by atoms with Crippen molar-refractivity contribution in [2.45, 2.75) is 0 Å². The van der Waals surface area contributed by atoms with Crippen molar-refractivity contribution in [2.24, 2.45) is 0 Å². The van der Waals surface area contributed by atoms with Gasteiger partial charge in [-0.2, -0.15) is 0 Å². The normalized spacial score (nSPS) is 11.8. The van der Waals surface area contributed by atoms with E-state index in [1.54, 1.807) is 0 Å². The largest absolute Gasteiger partial charge is 0.354 e. The van der Waals surface area contributed by atoms with Gasteiger partial charge < -0.3 is 5.32 Å². The average molecular weight is 283 g/mol. The summed E-state index contributed by atoms with van der Waals surface area (Å²) in [7, 11) is 1.40. The molecule has 2 nitrogen and oxygen atoms in total. The third kappa shape index (κ3) is 3.96. The Morgan fingerprint density at radius 3 is 1.69 bits per heavy atom. The molecular weight excluding hydrogens is 279 g/mol.